The SMILES string of the molecule is CCOc1ccc(CNCCSc2nnnn2C)cc1.[Cl-]. The van der Waals surface area contributed by atoms with Gasteiger partial charge < -0.3 is 22.5 Å². The molecule has 1 N–H and O–H groups in total. The Labute approximate surface area is 135 Å². The van der Waals surface area contributed by atoms with Gasteiger partial charge in [0, 0.05) is 25.9 Å². The number of nitrogens with zero attached hydrogens (tertiary/aromatic N) is 4. The van der Waals surface area contributed by atoms with E-state index in [1.54, 1.807) is 16.4 Å². The van der Waals surface area contributed by atoms with E-state index in [4.69, 9.17) is 4.74 Å². The van der Waals surface area contributed by atoms with Gasteiger partial charge in [-0.15, -0.1) is 5.10 Å². The molecule has 0 spiro atoms. The van der Waals surface area contributed by atoms with Crippen LogP contribution in [0.25, 0.3) is 0 Å². The molecule has 0 aliphatic heterocycles. The number of benzene rings is 1. The number of aryl methyl sites for hydroxylation is 1. The van der Waals surface area contributed by atoms with Crippen LogP contribution in [0.2, 0.25) is 0 Å². The average Bonchev–Trinajstić information content (AvgIpc) is 2.86. The second-order valence-electron chi connectivity index (χ2n) is 4.19. The van der Waals surface area contributed by atoms with Crippen LogP contribution in [0.3, 0.4) is 0 Å². The molecule has 1 heterocycles. The van der Waals surface area contributed by atoms with Gasteiger partial charge in [-0.05, 0) is 35.0 Å². The minimum absolute atomic E-state index is 0. The molecule has 0 saturated carbocycles. The summed E-state index contributed by atoms with van der Waals surface area (Å²) in [7, 11) is 1.84. The summed E-state index contributed by atoms with van der Waals surface area (Å²) in [6.07, 6.45) is 0. The quantitative estimate of drug-likeness (QED) is 0.470. The maximum absolute atomic E-state index is 5.41. The fourth-order valence-corrected chi connectivity index (χ4v) is 2.41. The van der Waals surface area contributed by atoms with Crippen LogP contribution in [0.15, 0.2) is 29.4 Å². The molecule has 1 aromatic heterocycles. The van der Waals surface area contributed by atoms with E-state index >= 15 is 0 Å². The predicted octanol–water partition coefficient (Wildman–Crippen LogP) is -1.51. The Morgan fingerprint density at radius 3 is 2.67 bits per heavy atom. The molecular weight excluding hydrogens is 310 g/mol. The number of nitrogens with one attached hydrogen (secondary N) is 1. The van der Waals surface area contributed by atoms with Crippen LogP contribution in [-0.4, -0.2) is 39.1 Å². The van der Waals surface area contributed by atoms with E-state index < -0.39 is 0 Å². The van der Waals surface area contributed by atoms with Gasteiger partial charge in [0.1, 0.15) is 5.75 Å². The zero-order chi connectivity index (χ0) is 14.2. The Kier molecular flexibility index (Phi) is 8.11. The minimum atomic E-state index is 0. The maximum Gasteiger partial charge on any atom is 0.209 e. The van der Waals surface area contributed by atoms with Crippen molar-refractivity contribution < 1.29 is 17.1 Å². The van der Waals surface area contributed by atoms with Crippen LogP contribution in [0.5, 0.6) is 5.75 Å². The van der Waals surface area contributed by atoms with E-state index in [2.05, 4.69) is 33.0 Å². The number of aromatic nitrogens is 4. The maximum atomic E-state index is 5.41. The van der Waals surface area contributed by atoms with Gasteiger partial charge in [0.15, 0.2) is 0 Å². The van der Waals surface area contributed by atoms with Gasteiger partial charge in [0.05, 0.1) is 6.61 Å². The van der Waals surface area contributed by atoms with Gasteiger partial charge in [-0.25, -0.2) is 4.68 Å². The first-order valence-corrected chi connectivity index (χ1v) is 7.55. The van der Waals surface area contributed by atoms with Crippen LogP contribution in [0.4, 0.5) is 0 Å². The zero-order valence-corrected chi connectivity index (χ0v) is 13.7. The lowest BCUT2D eigenvalue weighted by molar-refractivity contribution is -0.00000494. The summed E-state index contributed by atoms with van der Waals surface area (Å²) in [6.45, 7) is 4.44. The van der Waals surface area contributed by atoms with Crippen molar-refractivity contribution in [3.8, 4) is 5.75 Å². The molecule has 0 aliphatic carbocycles. The third-order valence-electron chi connectivity index (χ3n) is 2.65. The van der Waals surface area contributed by atoms with Crippen LogP contribution in [0.1, 0.15) is 12.5 Å². The van der Waals surface area contributed by atoms with Crippen molar-refractivity contribution in [1.29, 1.82) is 0 Å². The molecule has 0 radical (unpaired) electrons. The van der Waals surface area contributed by atoms with Crippen LogP contribution >= 0.6 is 11.8 Å². The van der Waals surface area contributed by atoms with Gasteiger partial charge in [-0.2, -0.15) is 0 Å². The third kappa shape index (κ3) is 5.91. The average molecular weight is 329 g/mol. The molecule has 0 amide bonds. The Morgan fingerprint density at radius 2 is 2.05 bits per heavy atom. The second-order valence-corrected chi connectivity index (χ2v) is 5.25. The third-order valence-corrected chi connectivity index (χ3v) is 3.67. The van der Waals surface area contributed by atoms with Crippen LogP contribution in [-0.2, 0) is 13.6 Å². The van der Waals surface area contributed by atoms with E-state index in [0.29, 0.717) is 6.61 Å². The van der Waals surface area contributed by atoms with E-state index in [9.17, 15) is 0 Å². The molecule has 0 aliphatic rings. The van der Waals surface area contributed by atoms with Gasteiger partial charge in [-0.1, -0.05) is 23.9 Å². The van der Waals surface area contributed by atoms with E-state index in [1.807, 2.05) is 26.1 Å². The van der Waals surface area contributed by atoms with Crippen molar-refractivity contribution in [1.82, 2.24) is 25.5 Å². The predicted molar refractivity (Wildman–Crippen MR) is 78.8 cm³/mol. The van der Waals surface area contributed by atoms with Gasteiger partial charge >= 0.3 is 0 Å². The summed E-state index contributed by atoms with van der Waals surface area (Å²) in [5, 5.41) is 15.5. The number of hydrogen-bond acceptors (Lipinski definition) is 6. The van der Waals surface area contributed by atoms with Gasteiger partial charge in [-0.3, -0.25) is 0 Å². The Bertz CT molecular complexity index is 520. The lowest BCUT2D eigenvalue weighted by Crippen LogP contribution is -3.00. The van der Waals surface area contributed by atoms with Crippen LogP contribution in [0, 0.1) is 0 Å². The first kappa shape index (κ1) is 17.7. The van der Waals surface area contributed by atoms with Crippen molar-refractivity contribution in [2.24, 2.45) is 7.05 Å². The number of thioether (sulfide) groups is 1. The molecule has 2 rings (SSSR count). The molecule has 6 nitrogen and oxygen atoms in total. The fraction of sp³-hybridized carbons (Fsp3) is 0.462. The second kappa shape index (κ2) is 9.59. The van der Waals surface area contributed by atoms with Crippen molar-refractivity contribution in [2.75, 3.05) is 18.9 Å². The Hall–Kier alpha value is -1.31. The highest BCUT2D eigenvalue weighted by Crippen LogP contribution is 2.12. The summed E-state index contributed by atoms with van der Waals surface area (Å²) in [4.78, 5) is 0. The standard InChI is InChI=1S/C13H19N5OS.ClH/c1-3-19-12-6-4-11(5-7-12)10-14-8-9-20-13-15-16-17-18(13)2;/h4-7,14H,3,8-10H2,1-2H3;1H/p-1. The van der Waals surface area contributed by atoms with Crippen molar-refractivity contribution >= 4 is 11.8 Å². The first-order chi connectivity index (χ1) is 9.79. The molecular formula is C13H19ClN5OS-. The monoisotopic (exact) mass is 328 g/mol. The first-order valence-electron chi connectivity index (χ1n) is 6.57. The number of rotatable bonds is 8. The highest BCUT2D eigenvalue weighted by Gasteiger charge is 2.01. The summed E-state index contributed by atoms with van der Waals surface area (Å²) in [5.41, 5.74) is 1.25. The number of ether oxygens (including phenoxy) is 1. The lowest BCUT2D eigenvalue weighted by Gasteiger charge is -2.06. The fourth-order valence-electron chi connectivity index (χ4n) is 1.66. The molecule has 1 aromatic carbocycles. The molecule has 8 heteroatoms. The molecule has 0 saturated heterocycles. The van der Waals surface area contributed by atoms with E-state index in [0.717, 1.165) is 29.7 Å². The number of hydrogen-bond donors (Lipinski definition) is 1. The highest BCUT2D eigenvalue weighted by atomic mass is 35.5. The van der Waals surface area contributed by atoms with Gasteiger partial charge in [0.25, 0.3) is 0 Å². The number of halogens is 1. The summed E-state index contributed by atoms with van der Waals surface area (Å²) in [5.74, 6) is 1.85. The molecule has 0 unspecified atom stereocenters. The minimum Gasteiger partial charge on any atom is -1.00 e. The van der Waals surface area contributed by atoms with Gasteiger partial charge in [0.2, 0.25) is 5.16 Å². The van der Waals surface area contributed by atoms with Crippen LogP contribution < -0.4 is 22.5 Å². The van der Waals surface area contributed by atoms with Crippen molar-refractivity contribution in [2.45, 2.75) is 18.6 Å². The Balaban J connectivity index is 0.00000220. The smallest absolute Gasteiger partial charge is 0.209 e. The molecule has 0 bridgehead atoms. The van der Waals surface area contributed by atoms with Crippen molar-refractivity contribution in [3.63, 3.8) is 0 Å². The summed E-state index contributed by atoms with van der Waals surface area (Å²) in [6, 6.07) is 8.16. The molecule has 0 fully saturated rings. The normalized spacial score (nSPS) is 10.2. The molecule has 116 valence electrons. The number of tetrazole rings is 1. The molecule has 0 atom stereocenters. The lowest BCUT2D eigenvalue weighted by atomic mass is 10.2. The summed E-state index contributed by atoms with van der Waals surface area (Å²) >= 11 is 1.64. The highest BCUT2D eigenvalue weighted by molar-refractivity contribution is 7.99. The van der Waals surface area contributed by atoms with E-state index in [1.165, 1.54) is 5.56 Å². The Morgan fingerprint density at radius 1 is 1.29 bits per heavy atom. The topological polar surface area (TPSA) is 64.9 Å². The zero-order valence-electron chi connectivity index (χ0n) is 12.1. The molecule has 21 heavy (non-hydrogen) atoms. The van der Waals surface area contributed by atoms with E-state index in [-0.39, 0.29) is 12.4 Å². The van der Waals surface area contributed by atoms with Crippen molar-refractivity contribution in [3.05, 3.63) is 29.8 Å². The summed E-state index contributed by atoms with van der Waals surface area (Å²) < 4.78 is 7.09. The largest absolute Gasteiger partial charge is 1.00 e. The molecule has 2 aromatic rings.